The van der Waals surface area contributed by atoms with Crippen molar-refractivity contribution in [3.63, 3.8) is 0 Å². The molecule has 46 valence electrons. The Kier molecular flexibility index (Phi) is 1.49. The van der Waals surface area contributed by atoms with E-state index in [0.29, 0.717) is 5.71 Å². The standard InChI is InChI=1S/C7H7NO/c1-6-4-2-3-5-7(6)8-9/h2-5,9H,1H2/b8-7-. The first kappa shape index (κ1) is 5.82. The summed E-state index contributed by atoms with van der Waals surface area (Å²) in [6, 6.07) is 0. The molecule has 0 unspecified atom stereocenters. The highest BCUT2D eigenvalue weighted by molar-refractivity contribution is 6.10. The Morgan fingerprint density at radius 2 is 2.00 bits per heavy atom. The van der Waals surface area contributed by atoms with Crippen LogP contribution >= 0.6 is 0 Å². The summed E-state index contributed by atoms with van der Waals surface area (Å²) in [7, 11) is 0. The molecule has 1 N–H and O–H groups in total. The summed E-state index contributed by atoms with van der Waals surface area (Å²) in [6.45, 7) is 3.64. The maximum absolute atomic E-state index is 8.30. The van der Waals surface area contributed by atoms with E-state index in [1.165, 1.54) is 0 Å². The number of nitrogens with zero attached hydrogens (tertiary/aromatic N) is 1. The van der Waals surface area contributed by atoms with Crippen molar-refractivity contribution in [2.75, 3.05) is 0 Å². The summed E-state index contributed by atoms with van der Waals surface area (Å²) >= 11 is 0. The second-order valence-corrected chi connectivity index (χ2v) is 1.73. The van der Waals surface area contributed by atoms with Crippen LogP contribution < -0.4 is 0 Å². The molecule has 0 radical (unpaired) electrons. The smallest absolute Gasteiger partial charge is 0.109 e. The fraction of sp³-hybridized carbons (Fsp3) is 0. The minimum absolute atomic E-state index is 0.525. The van der Waals surface area contributed by atoms with Gasteiger partial charge in [0.15, 0.2) is 0 Å². The number of allylic oxidation sites excluding steroid dienone is 5. The van der Waals surface area contributed by atoms with Crippen LogP contribution in [0.4, 0.5) is 0 Å². The van der Waals surface area contributed by atoms with Crippen LogP contribution in [0.15, 0.2) is 41.6 Å². The van der Waals surface area contributed by atoms with E-state index < -0.39 is 0 Å². The molecule has 0 atom stereocenters. The van der Waals surface area contributed by atoms with Crippen molar-refractivity contribution >= 4 is 5.71 Å². The van der Waals surface area contributed by atoms with Gasteiger partial charge >= 0.3 is 0 Å². The van der Waals surface area contributed by atoms with Crippen LogP contribution in [0.1, 0.15) is 0 Å². The van der Waals surface area contributed by atoms with Crippen molar-refractivity contribution in [2.24, 2.45) is 5.16 Å². The van der Waals surface area contributed by atoms with Gasteiger partial charge in [-0.3, -0.25) is 0 Å². The van der Waals surface area contributed by atoms with Crippen molar-refractivity contribution in [2.45, 2.75) is 0 Å². The van der Waals surface area contributed by atoms with Crippen LogP contribution in [0.5, 0.6) is 0 Å². The Labute approximate surface area is 53.5 Å². The maximum Gasteiger partial charge on any atom is 0.109 e. The van der Waals surface area contributed by atoms with Crippen LogP contribution in [0.2, 0.25) is 0 Å². The summed E-state index contributed by atoms with van der Waals surface area (Å²) in [5.41, 5.74) is 1.26. The molecule has 0 amide bonds. The lowest BCUT2D eigenvalue weighted by Crippen LogP contribution is -1.97. The summed E-state index contributed by atoms with van der Waals surface area (Å²) in [5, 5.41) is 11.3. The van der Waals surface area contributed by atoms with Crippen molar-refractivity contribution in [1.82, 2.24) is 0 Å². The third-order valence-corrected chi connectivity index (χ3v) is 1.10. The fourth-order valence-electron chi connectivity index (χ4n) is 0.608. The monoisotopic (exact) mass is 121 g/mol. The van der Waals surface area contributed by atoms with Crippen LogP contribution in [0.3, 0.4) is 0 Å². The van der Waals surface area contributed by atoms with Gasteiger partial charge in [-0.1, -0.05) is 30.0 Å². The van der Waals surface area contributed by atoms with Crippen molar-refractivity contribution in [1.29, 1.82) is 0 Å². The first-order valence-corrected chi connectivity index (χ1v) is 2.60. The van der Waals surface area contributed by atoms with E-state index in [4.69, 9.17) is 5.21 Å². The van der Waals surface area contributed by atoms with Gasteiger partial charge in [-0.15, -0.1) is 0 Å². The molecule has 2 heteroatoms. The molecule has 2 nitrogen and oxygen atoms in total. The SMILES string of the molecule is C=C1C=CC=C/C1=N/O. The minimum atomic E-state index is 0.525. The zero-order valence-electron chi connectivity index (χ0n) is 4.91. The van der Waals surface area contributed by atoms with Crippen LogP contribution in [-0.4, -0.2) is 10.9 Å². The Morgan fingerprint density at radius 1 is 1.33 bits per heavy atom. The lowest BCUT2D eigenvalue weighted by molar-refractivity contribution is 0.320. The summed E-state index contributed by atoms with van der Waals surface area (Å²) in [5.74, 6) is 0. The minimum Gasteiger partial charge on any atom is -0.410 e. The maximum atomic E-state index is 8.30. The molecule has 1 rings (SSSR count). The molecular formula is C7H7NO. The number of hydrogen-bond acceptors (Lipinski definition) is 2. The zero-order chi connectivity index (χ0) is 6.69. The molecule has 0 aliphatic heterocycles. The number of rotatable bonds is 0. The first-order chi connectivity index (χ1) is 4.34. The largest absolute Gasteiger partial charge is 0.410 e. The van der Waals surface area contributed by atoms with Gasteiger partial charge < -0.3 is 5.21 Å². The molecule has 0 aromatic rings. The van der Waals surface area contributed by atoms with Gasteiger partial charge in [0, 0.05) is 0 Å². The Hall–Kier alpha value is -1.31. The van der Waals surface area contributed by atoms with Gasteiger partial charge in [-0.05, 0) is 11.6 Å². The highest BCUT2D eigenvalue weighted by atomic mass is 16.4. The summed E-state index contributed by atoms with van der Waals surface area (Å²) < 4.78 is 0. The van der Waals surface area contributed by atoms with E-state index in [-0.39, 0.29) is 0 Å². The quantitative estimate of drug-likeness (QED) is 0.382. The van der Waals surface area contributed by atoms with Crippen molar-refractivity contribution in [3.8, 4) is 0 Å². The molecule has 0 heterocycles. The molecular weight excluding hydrogens is 114 g/mol. The van der Waals surface area contributed by atoms with Gasteiger partial charge in [0.2, 0.25) is 0 Å². The van der Waals surface area contributed by atoms with E-state index >= 15 is 0 Å². The van der Waals surface area contributed by atoms with E-state index in [2.05, 4.69) is 11.7 Å². The second-order valence-electron chi connectivity index (χ2n) is 1.73. The third kappa shape index (κ3) is 1.08. The fourth-order valence-corrected chi connectivity index (χ4v) is 0.608. The van der Waals surface area contributed by atoms with Gasteiger partial charge in [0.25, 0.3) is 0 Å². The molecule has 0 bridgehead atoms. The highest BCUT2D eigenvalue weighted by Crippen LogP contribution is 2.03. The van der Waals surface area contributed by atoms with Crippen molar-refractivity contribution < 1.29 is 5.21 Å². The molecule has 9 heavy (non-hydrogen) atoms. The van der Waals surface area contributed by atoms with Crippen molar-refractivity contribution in [3.05, 3.63) is 36.5 Å². The van der Waals surface area contributed by atoms with Gasteiger partial charge in [-0.2, -0.15) is 0 Å². The molecule has 0 aromatic carbocycles. The Morgan fingerprint density at radius 3 is 2.44 bits per heavy atom. The van der Waals surface area contributed by atoms with E-state index in [1.54, 1.807) is 18.2 Å². The summed E-state index contributed by atoms with van der Waals surface area (Å²) in [4.78, 5) is 0. The first-order valence-electron chi connectivity index (χ1n) is 2.60. The Bertz CT molecular complexity index is 211. The van der Waals surface area contributed by atoms with E-state index in [9.17, 15) is 0 Å². The number of hydrogen-bond donors (Lipinski definition) is 1. The van der Waals surface area contributed by atoms with Crippen LogP contribution in [0, 0.1) is 0 Å². The zero-order valence-corrected chi connectivity index (χ0v) is 4.91. The predicted molar refractivity (Wildman–Crippen MR) is 36.6 cm³/mol. The number of oxime groups is 1. The summed E-state index contributed by atoms with van der Waals surface area (Å²) in [6.07, 6.45) is 7.12. The molecule has 0 saturated heterocycles. The normalized spacial score (nSPS) is 21.3. The van der Waals surface area contributed by atoms with Gasteiger partial charge in [-0.25, -0.2) is 0 Å². The predicted octanol–water partition coefficient (Wildman–Crippen LogP) is 1.50. The van der Waals surface area contributed by atoms with Gasteiger partial charge in [0.1, 0.15) is 5.71 Å². The molecule has 1 aliphatic rings. The topological polar surface area (TPSA) is 32.6 Å². The molecule has 0 saturated carbocycles. The van der Waals surface area contributed by atoms with E-state index in [0.717, 1.165) is 5.57 Å². The lowest BCUT2D eigenvalue weighted by atomic mass is 10.1. The second kappa shape index (κ2) is 2.31. The molecule has 0 fully saturated rings. The Balaban J connectivity index is 2.91. The lowest BCUT2D eigenvalue weighted by Gasteiger charge is -1.99. The molecule has 0 aromatic heterocycles. The van der Waals surface area contributed by atoms with Gasteiger partial charge in [0.05, 0.1) is 0 Å². The molecule has 1 aliphatic carbocycles. The molecule has 0 spiro atoms. The van der Waals surface area contributed by atoms with Crippen LogP contribution in [-0.2, 0) is 0 Å². The van der Waals surface area contributed by atoms with Crippen LogP contribution in [0.25, 0.3) is 0 Å². The average molecular weight is 121 g/mol. The average Bonchev–Trinajstić information content (AvgIpc) is 1.89. The van der Waals surface area contributed by atoms with E-state index in [1.807, 2.05) is 6.08 Å². The third-order valence-electron chi connectivity index (χ3n) is 1.10. The highest BCUT2D eigenvalue weighted by Gasteiger charge is 1.98.